The Hall–Kier alpha value is -3.89. The number of carbonyl (C=O) groups is 2. The third kappa shape index (κ3) is 5.48. The first-order valence-corrected chi connectivity index (χ1v) is 9.99. The quantitative estimate of drug-likeness (QED) is 0.491. The fourth-order valence-corrected chi connectivity index (χ4v) is 3.21. The molecule has 0 unspecified atom stereocenters. The smallest absolute Gasteiger partial charge is 0.416 e. The van der Waals surface area contributed by atoms with E-state index in [1.165, 1.54) is 12.1 Å². The molecule has 1 saturated heterocycles. The summed E-state index contributed by atoms with van der Waals surface area (Å²) in [5.41, 5.74) is 0.308. The molecule has 1 aliphatic heterocycles. The lowest BCUT2D eigenvalue weighted by atomic mass is 10.1. The van der Waals surface area contributed by atoms with E-state index in [1.54, 1.807) is 29.2 Å². The van der Waals surface area contributed by atoms with E-state index in [-0.39, 0.29) is 30.8 Å². The number of alkyl halides is 3. The lowest BCUT2D eigenvalue weighted by Gasteiger charge is -2.15. The molecule has 2 heterocycles. The highest BCUT2D eigenvalue weighted by atomic mass is 19.4. The Morgan fingerprint density at radius 3 is 2.45 bits per heavy atom. The van der Waals surface area contributed by atoms with Crippen molar-refractivity contribution in [2.45, 2.75) is 25.6 Å². The second-order valence-corrected chi connectivity index (χ2v) is 7.18. The van der Waals surface area contributed by atoms with Crippen molar-refractivity contribution in [2.75, 3.05) is 18.1 Å². The normalized spacial score (nSPS) is 13.9. The molecule has 1 aromatic heterocycles. The molecule has 0 N–H and O–H groups in total. The van der Waals surface area contributed by atoms with Gasteiger partial charge in [0.1, 0.15) is 5.75 Å². The van der Waals surface area contributed by atoms with Crippen molar-refractivity contribution in [2.24, 2.45) is 0 Å². The Labute approximate surface area is 185 Å². The maximum absolute atomic E-state index is 12.6. The van der Waals surface area contributed by atoms with Crippen molar-refractivity contribution >= 4 is 17.6 Å². The van der Waals surface area contributed by atoms with Gasteiger partial charge in [0.15, 0.2) is 13.2 Å². The van der Waals surface area contributed by atoms with Crippen LogP contribution in [0, 0.1) is 0 Å². The maximum Gasteiger partial charge on any atom is 0.416 e. The lowest BCUT2D eigenvalue weighted by Crippen LogP contribution is -2.23. The number of aromatic nitrogens is 2. The zero-order valence-corrected chi connectivity index (χ0v) is 17.2. The molecule has 0 spiro atoms. The maximum atomic E-state index is 12.6. The summed E-state index contributed by atoms with van der Waals surface area (Å²) < 4.78 is 53.3. The summed E-state index contributed by atoms with van der Waals surface area (Å²) >= 11 is 0. The van der Waals surface area contributed by atoms with Gasteiger partial charge in [-0.15, -0.1) is 0 Å². The first kappa shape index (κ1) is 22.3. The molecular weight excluding hydrogens is 443 g/mol. The van der Waals surface area contributed by atoms with Crippen LogP contribution in [0.3, 0.4) is 0 Å². The van der Waals surface area contributed by atoms with Crippen molar-refractivity contribution < 1.29 is 36.8 Å². The summed E-state index contributed by atoms with van der Waals surface area (Å²) in [6, 6.07) is 11.1. The highest BCUT2D eigenvalue weighted by Crippen LogP contribution is 2.30. The Balaban J connectivity index is 1.25. The van der Waals surface area contributed by atoms with Crippen molar-refractivity contribution in [3.05, 3.63) is 60.0 Å². The summed E-state index contributed by atoms with van der Waals surface area (Å²) in [5.74, 6) is -0.108. The minimum absolute atomic E-state index is 0.0159. The molecule has 0 saturated carbocycles. The number of hydrogen-bond donors (Lipinski definition) is 0. The molecule has 1 amide bonds. The van der Waals surface area contributed by atoms with E-state index >= 15 is 0 Å². The van der Waals surface area contributed by atoms with Crippen LogP contribution >= 0.6 is 0 Å². The minimum atomic E-state index is -4.44. The molecule has 0 atom stereocenters. The average Bonchev–Trinajstić information content (AvgIpc) is 3.45. The van der Waals surface area contributed by atoms with E-state index in [4.69, 9.17) is 14.0 Å². The topological polar surface area (TPSA) is 94.8 Å². The van der Waals surface area contributed by atoms with E-state index in [0.29, 0.717) is 24.3 Å². The monoisotopic (exact) mass is 461 g/mol. The highest BCUT2D eigenvalue weighted by molar-refractivity contribution is 5.95. The van der Waals surface area contributed by atoms with Gasteiger partial charge in [-0.2, -0.15) is 18.2 Å². The number of nitrogens with zero attached hydrogens (tertiary/aromatic N) is 3. The number of halogens is 3. The van der Waals surface area contributed by atoms with Gasteiger partial charge in [-0.1, -0.05) is 17.3 Å². The number of carbonyl (C=O) groups excluding carboxylic acids is 2. The number of anilines is 1. The predicted molar refractivity (Wildman–Crippen MR) is 108 cm³/mol. The van der Waals surface area contributed by atoms with Crippen molar-refractivity contribution in [1.29, 1.82) is 0 Å². The average molecular weight is 461 g/mol. The third-order valence-corrected chi connectivity index (χ3v) is 4.87. The fourth-order valence-electron chi connectivity index (χ4n) is 3.21. The summed E-state index contributed by atoms with van der Waals surface area (Å²) in [6.07, 6.45) is -3.07. The second kappa shape index (κ2) is 9.31. The molecule has 2 aromatic carbocycles. The zero-order valence-electron chi connectivity index (χ0n) is 17.2. The van der Waals surface area contributed by atoms with Gasteiger partial charge in [-0.25, -0.2) is 4.79 Å². The van der Waals surface area contributed by atoms with Crippen LogP contribution in [-0.2, 0) is 27.1 Å². The molecule has 3 aromatic rings. The Morgan fingerprint density at radius 1 is 1.09 bits per heavy atom. The summed E-state index contributed by atoms with van der Waals surface area (Å²) in [5, 5.41) is 3.68. The summed E-state index contributed by atoms with van der Waals surface area (Å²) in [7, 11) is 0. The Kier molecular flexibility index (Phi) is 6.29. The Morgan fingerprint density at radius 2 is 1.82 bits per heavy atom. The molecular formula is C22H18F3N3O5. The van der Waals surface area contributed by atoms with Gasteiger partial charge in [0.2, 0.25) is 11.7 Å². The van der Waals surface area contributed by atoms with E-state index < -0.39 is 17.7 Å². The molecule has 0 bridgehead atoms. The van der Waals surface area contributed by atoms with Crippen LogP contribution in [0.15, 0.2) is 53.1 Å². The molecule has 33 heavy (non-hydrogen) atoms. The molecule has 1 fully saturated rings. The van der Waals surface area contributed by atoms with Crippen LogP contribution in [0.2, 0.25) is 0 Å². The Bertz CT molecular complexity index is 1130. The van der Waals surface area contributed by atoms with E-state index in [2.05, 4.69) is 10.1 Å². The van der Waals surface area contributed by atoms with Crippen LogP contribution in [0.5, 0.6) is 5.75 Å². The van der Waals surface area contributed by atoms with Crippen molar-refractivity contribution in [3.8, 4) is 17.1 Å². The minimum Gasteiger partial charge on any atom is -0.482 e. The second-order valence-electron chi connectivity index (χ2n) is 7.18. The zero-order chi connectivity index (χ0) is 23.4. The van der Waals surface area contributed by atoms with Crippen molar-refractivity contribution in [1.82, 2.24) is 10.1 Å². The van der Waals surface area contributed by atoms with Crippen LogP contribution in [0.4, 0.5) is 18.9 Å². The fraction of sp³-hybridized carbons (Fsp3) is 0.273. The van der Waals surface area contributed by atoms with Crippen LogP contribution in [0.1, 0.15) is 24.3 Å². The molecule has 0 aliphatic carbocycles. The van der Waals surface area contributed by atoms with Gasteiger partial charge in [-0.3, -0.25) is 4.79 Å². The number of benzene rings is 2. The van der Waals surface area contributed by atoms with E-state index in [9.17, 15) is 22.8 Å². The first-order chi connectivity index (χ1) is 15.8. The van der Waals surface area contributed by atoms with Gasteiger partial charge < -0.3 is 18.9 Å². The largest absolute Gasteiger partial charge is 0.482 e. The van der Waals surface area contributed by atoms with Crippen LogP contribution < -0.4 is 9.64 Å². The first-order valence-electron chi connectivity index (χ1n) is 9.99. The van der Waals surface area contributed by atoms with Gasteiger partial charge in [-0.05, 0) is 42.8 Å². The summed E-state index contributed by atoms with van der Waals surface area (Å²) in [4.78, 5) is 29.4. The van der Waals surface area contributed by atoms with Crippen LogP contribution in [0.25, 0.3) is 11.4 Å². The molecule has 172 valence electrons. The number of amides is 1. The van der Waals surface area contributed by atoms with Gasteiger partial charge >= 0.3 is 12.1 Å². The third-order valence-electron chi connectivity index (χ3n) is 4.87. The SMILES string of the molecule is O=C(COc1ccc(N2CCCC2=O)cc1)OCc1nc(-c2ccc(C(F)(F)F)cc2)no1. The van der Waals surface area contributed by atoms with Gasteiger partial charge in [0.05, 0.1) is 5.56 Å². The number of hydrogen-bond acceptors (Lipinski definition) is 7. The highest BCUT2D eigenvalue weighted by Gasteiger charge is 2.30. The number of ether oxygens (including phenoxy) is 2. The van der Waals surface area contributed by atoms with Crippen LogP contribution in [-0.4, -0.2) is 35.2 Å². The molecule has 11 heteroatoms. The molecule has 8 nitrogen and oxygen atoms in total. The standard InChI is InChI=1S/C22H18F3N3O5/c23-22(24,25)15-5-3-14(4-6-15)21-26-18(33-27-21)12-32-20(30)13-31-17-9-7-16(8-10-17)28-11-1-2-19(28)29/h3-10H,1-2,11-13H2. The molecule has 4 rings (SSSR count). The van der Waals surface area contributed by atoms with E-state index in [1.807, 2.05) is 0 Å². The lowest BCUT2D eigenvalue weighted by molar-refractivity contribution is -0.148. The summed E-state index contributed by atoms with van der Waals surface area (Å²) in [6.45, 7) is 0.00927. The van der Waals surface area contributed by atoms with Crippen molar-refractivity contribution in [3.63, 3.8) is 0 Å². The van der Waals surface area contributed by atoms with E-state index in [0.717, 1.165) is 24.2 Å². The number of esters is 1. The number of rotatable bonds is 7. The predicted octanol–water partition coefficient (Wildman–Crippen LogP) is 4.00. The molecule has 1 aliphatic rings. The van der Waals surface area contributed by atoms with Gasteiger partial charge in [0, 0.05) is 24.2 Å². The van der Waals surface area contributed by atoms with Gasteiger partial charge in [0.25, 0.3) is 5.89 Å². The molecule has 0 radical (unpaired) electrons.